The molecule has 1 heterocycles. The molecule has 0 aliphatic rings. The number of benzene rings is 3. The average molecular weight is 352 g/mol. The van der Waals surface area contributed by atoms with Gasteiger partial charge >= 0.3 is 0 Å². The van der Waals surface area contributed by atoms with Gasteiger partial charge in [0.1, 0.15) is 23.3 Å². The third kappa shape index (κ3) is 2.65. The van der Waals surface area contributed by atoms with Crippen molar-refractivity contribution in [2.45, 2.75) is 0 Å². The van der Waals surface area contributed by atoms with Gasteiger partial charge in [-0.15, -0.1) is 0 Å². The van der Waals surface area contributed by atoms with Crippen LogP contribution in [-0.2, 0) is 0 Å². The summed E-state index contributed by atoms with van der Waals surface area (Å²) in [7, 11) is 0. The quantitative estimate of drug-likeness (QED) is 0.520. The molecule has 0 unspecified atom stereocenters. The zero-order chi connectivity index (χ0) is 18.3. The topological polar surface area (TPSA) is 45.8 Å². The van der Waals surface area contributed by atoms with Crippen molar-refractivity contribution >= 4 is 17.3 Å². The number of aldehydes is 1. The second-order valence-electron chi connectivity index (χ2n) is 5.78. The predicted molar refractivity (Wildman–Crippen MR) is 92.2 cm³/mol. The lowest BCUT2D eigenvalue weighted by Crippen LogP contribution is -1.94. The van der Waals surface area contributed by atoms with Gasteiger partial charge in [-0.1, -0.05) is 30.3 Å². The Morgan fingerprint density at radius 2 is 1.58 bits per heavy atom. The van der Waals surface area contributed by atoms with E-state index in [1.807, 2.05) is 6.07 Å². The smallest absolute Gasteiger partial charge is 0.152 e. The van der Waals surface area contributed by atoms with Crippen LogP contribution < -0.4 is 0 Å². The molecule has 3 aromatic carbocycles. The Hall–Kier alpha value is -3.41. The number of aromatic nitrogens is 2. The average Bonchev–Trinajstić information content (AvgIpc) is 3.04. The molecule has 0 saturated heterocycles. The van der Waals surface area contributed by atoms with Gasteiger partial charge in [0.15, 0.2) is 6.29 Å². The summed E-state index contributed by atoms with van der Waals surface area (Å²) in [6, 6.07) is 13.4. The van der Waals surface area contributed by atoms with E-state index in [1.165, 1.54) is 12.1 Å². The number of nitrogens with zero attached hydrogens (tertiary/aromatic N) is 1. The second-order valence-corrected chi connectivity index (χ2v) is 5.78. The minimum Gasteiger partial charge on any atom is -0.338 e. The van der Waals surface area contributed by atoms with Gasteiger partial charge in [0.25, 0.3) is 0 Å². The third-order valence-electron chi connectivity index (χ3n) is 4.09. The van der Waals surface area contributed by atoms with E-state index in [-0.39, 0.29) is 28.0 Å². The van der Waals surface area contributed by atoms with E-state index in [2.05, 4.69) is 9.97 Å². The van der Waals surface area contributed by atoms with Crippen LogP contribution in [0.2, 0.25) is 0 Å². The summed E-state index contributed by atoms with van der Waals surface area (Å²) < 4.78 is 42.8. The Labute approximate surface area is 146 Å². The number of nitrogens with one attached hydrogen (secondary N) is 1. The van der Waals surface area contributed by atoms with Crippen molar-refractivity contribution in [3.63, 3.8) is 0 Å². The summed E-state index contributed by atoms with van der Waals surface area (Å²) in [6.45, 7) is 0. The molecule has 0 saturated carbocycles. The second kappa shape index (κ2) is 6.15. The van der Waals surface area contributed by atoms with Gasteiger partial charge in [-0.05, 0) is 35.4 Å². The largest absolute Gasteiger partial charge is 0.338 e. The molecule has 0 bridgehead atoms. The van der Waals surface area contributed by atoms with Crippen LogP contribution in [0.15, 0.2) is 54.6 Å². The van der Waals surface area contributed by atoms with Crippen LogP contribution >= 0.6 is 0 Å². The van der Waals surface area contributed by atoms with Crippen molar-refractivity contribution in [3.8, 4) is 22.5 Å². The minimum atomic E-state index is -0.809. The maximum absolute atomic E-state index is 14.6. The van der Waals surface area contributed by atoms with Crippen LogP contribution in [0.1, 0.15) is 10.4 Å². The molecule has 1 aromatic heterocycles. The molecule has 1 N–H and O–H groups in total. The highest BCUT2D eigenvalue weighted by molar-refractivity contribution is 5.95. The molecule has 0 aliphatic carbocycles. The van der Waals surface area contributed by atoms with Crippen molar-refractivity contribution in [2.24, 2.45) is 0 Å². The van der Waals surface area contributed by atoms with Crippen LogP contribution in [0.25, 0.3) is 33.5 Å². The van der Waals surface area contributed by atoms with E-state index in [0.29, 0.717) is 17.4 Å². The van der Waals surface area contributed by atoms with Gasteiger partial charge in [-0.2, -0.15) is 0 Å². The Balaban J connectivity index is 1.88. The molecule has 4 aromatic rings. The normalized spacial score (nSPS) is 11.0. The third-order valence-corrected chi connectivity index (χ3v) is 4.09. The van der Waals surface area contributed by atoms with E-state index in [1.54, 1.807) is 24.3 Å². The van der Waals surface area contributed by atoms with Gasteiger partial charge in [0.2, 0.25) is 0 Å². The highest BCUT2D eigenvalue weighted by Gasteiger charge is 2.19. The number of hydrogen-bond donors (Lipinski definition) is 1. The summed E-state index contributed by atoms with van der Waals surface area (Å²) in [6.07, 6.45) is 0.446. The molecule has 6 heteroatoms. The maximum atomic E-state index is 14.6. The predicted octanol–water partition coefficient (Wildman–Crippen LogP) is 5.13. The molecule has 26 heavy (non-hydrogen) atoms. The standard InChI is InChI=1S/C20H11F3N2O/c21-14-6-13(10-26)19-17(9-14)24-20(25-19)18-15(22)7-12(8-16(18)23)11-4-2-1-3-5-11/h1-10H,(H,24,25). The number of carbonyl (C=O) groups is 1. The van der Waals surface area contributed by atoms with Crippen LogP contribution in [-0.4, -0.2) is 16.3 Å². The molecular weight excluding hydrogens is 341 g/mol. The van der Waals surface area contributed by atoms with Crippen molar-refractivity contribution in [1.29, 1.82) is 0 Å². The lowest BCUT2D eigenvalue weighted by Gasteiger charge is -2.06. The minimum absolute atomic E-state index is 0.00391. The fourth-order valence-corrected chi connectivity index (χ4v) is 2.91. The number of H-pyrrole nitrogens is 1. The van der Waals surface area contributed by atoms with Crippen LogP contribution in [0.3, 0.4) is 0 Å². The van der Waals surface area contributed by atoms with E-state index < -0.39 is 17.5 Å². The van der Waals surface area contributed by atoms with Gasteiger partial charge < -0.3 is 4.98 Å². The first-order valence-corrected chi connectivity index (χ1v) is 7.76. The number of carbonyl (C=O) groups excluding carboxylic acids is 1. The van der Waals surface area contributed by atoms with Crippen LogP contribution in [0.4, 0.5) is 13.2 Å². The van der Waals surface area contributed by atoms with E-state index >= 15 is 0 Å². The van der Waals surface area contributed by atoms with Crippen molar-refractivity contribution in [2.75, 3.05) is 0 Å². The number of rotatable bonds is 3. The summed E-state index contributed by atoms with van der Waals surface area (Å²) in [4.78, 5) is 17.8. The SMILES string of the molecule is O=Cc1cc(F)cc2[nH]c(-c3c(F)cc(-c4ccccc4)cc3F)nc12. The highest BCUT2D eigenvalue weighted by Crippen LogP contribution is 2.31. The van der Waals surface area contributed by atoms with E-state index in [9.17, 15) is 18.0 Å². The van der Waals surface area contributed by atoms with Crippen molar-refractivity contribution < 1.29 is 18.0 Å². The molecule has 128 valence electrons. The lowest BCUT2D eigenvalue weighted by molar-refractivity contribution is 0.112. The summed E-state index contributed by atoms with van der Waals surface area (Å²) in [5.74, 6) is -2.37. The number of hydrogen-bond acceptors (Lipinski definition) is 2. The molecule has 0 fully saturated rings. The first-order valence-electron chi connectivity index (χ1n) is 7.76. The fraction of sp³-hybridized carbons (Fsp3) is 0. The number of aromatic amines is 1. The highest BCUT2D eigenvalue weighted by atomic mass is 19.1. The van der Waals surface area contributed by atoms with Crippen LogP contribution in [0.5, 0.6) is 0 Å². The molecule has 3 nitrogen and oxygen atoms in total. The first kappa shape index (κ1) is 16.1. The van der Waals surface area contributed by atoms with Gasteiger partial charge in [-0.25, -0.2) is 18.2 Å². The Morgan fingerprint density at radius 3 is 2.23 bits per heavy atom. The summed E-state index contributed by atoms with van der Waals surface area (Å²) in [5, 5.41) is 0. The molecule has 0 radical (unpaired) electrons. The summed E-state index contributed by atoms with van der Waals surface area (Å²) >= 11 is 0. The van der Waals surface area contributed by atoms with Crippen LogP contribution in [0, 0.1) is 17.5 Å². The molecule has 4 rings (SSSR count). The fourth-order valence-electron chi connectivity index (χ4n) is 2.91. The number of fused-ring (bicyclic) bond motifs is 1. The zero-order valence-electron chi connectivity index (χ0n) is 13.3. The molecule has 0 spiro atoms. The monoisotopic (exact) mass is 352 g/mol. The Kier molecular flexibility index (Phi) is 3.80. The molecular formula is C20H11F3N2O. The first-order chi connectivity index (χ1) is 12.6. The Morgan fingerprint density at radius 1 is 0.885 bits per heavy atom. The van der Waals surface area contributed by atoms with E-state index in [4.69, 9.17) is 0 Å². The zero-order valence-corrected chi connectivity index (χ0v) is 13.3. The van der Waals surface area contributed by atoms with Gasteiger partial charge in [0, 0.05) is 5.56 Å². The molecule has 0 aliphatic heterocycles. The summed E-state index contributed by atoms with van der Waals surface area (Å²) in [5.41, 5.74) is 1.05. The van der Waals surface area contributed by atoms with Crippen molar-refractivity contribution in [1.82, 2.24) is 9.97 Å². The van der Waals surface area contributed by atoms with Gasteiger partial charge in [0.05, 0.1) is 16.6 Å². The molecule has 0 amide bonds. The van der Waals surface area contributed by atoms with Gasteiger partial charge in [-0.3, -0.25) is 4.79 Å². The van der Waals surface area contributed by atoms with E-state index in [0.717, 1.165) is 12.1 Å². The number of halogens is 3. The lowest BCUT2D eigenvalue weighted by atomic mass is 10.0. The Bertz CT molecular complexity index is 1110. The number of imidazole rings is 1. The molecule has 0 atom stereocenters. The maximum Gasteiger partial charge on any atom is 0.152 e. The van der Waals surface area contributed by atoms with Crippen molar-refractivity contribution in [3.05, 3.63) is 77.6 Å².